The highest BCUT2D eigenvalue weighted by atomic mass is 32.1. The summed E-state index contributed by atoms with van der Waals surface area (Å²) in [5.41, 5.74) is 6.04. The molecule has 2 N–H and O–H groups in total. The van der Waals surface area contributed by atoms with E-state index in [2.05, 4.69) is 11.8 Å². The lowest BCUT2D eigenvalue weighted by atomic mass is 10.3. The lowest BCUT2D eigenvalue weighted by Crippen LogP contribution is -1.92. The van der Waals surface area contributed by atoms with Gasteiger partial charge in [0.25, 0.3) is 0 Å². The first-order valence-electron chi connectivity index (χ1n) is 3.09. The molecular formula is C8H7NOS. The number of nitrogens with two attached hydrogens (primary N) is 1. The second kappa shape index (κ2) is 3.91. The Balaban J connectivity index is 2.80. The van der Waals surface area contributed by atoms with Crippen LogP contribution in [0.5, 0.6) is 0 Å². The summed E-state index contributed by atoms with van der Waals surface area (Å²) in [5, 5.41) is 1.84. The molecule has 2 nitrogen and oxygen atoms in total. The van der Waals surface area contributed by atoms with Gasteiger partial charge in [-0.15, -0.1) is 11.3 Å². The van der Waals surface area contributed by atoms with Gasteiger partial charge in [0.05, 0.1) is 11.4 Å². The smallest absolute Gasteiger partial charge is 0.160 e. The zero-order valence-corrected chi connectivity index (χ0v) is 6.65. The number of rotatable bonds is 1. The number of hydrogen-bond donors (Lipinski definition) is 1. The first-order valence-corrected chi connectivity index (χ1v) is 3.97. The summed E-state index contributed by atoms with van der Waals surface area (Å²) in [6, 6.07) is 1.75. The van der Waals surface area contributed by atoms with E-state index in [9.17, 15) is 4.79 Å². The van der Waals surface area contributed by atoms with Crippen LogP contribution in [0.25, 0.3) is 0 Å². The predicted molar refractivity (Wildman–Crippen MR) is 45.6 cm³/mol. The molecule has 0 aliphatic heterocycles. The summed E-state index contributed by atoms with van der Waals surface area (Å²) in [4.78, 5) is 10.9. The molecule has 0 bridgehead atoms. The van der Waals surface area contributed by atoms with Crippen LogP contribution in [0.2, 0.25) is 0 Å². The van der Waals surface area contributed by atoms with E-state index >= 15 is 0 Å². The van der Waals surface area contributed by atoms with Crippen molar-refractivity contribution in [3.8, 4) is 11.8 Å². The quantitative estimate of drug-likeness (QED) is 0.495. The van der Waals surface area contributed by atoms with Gasteiger partial charge in [0.2, 0.25) is 0 Å². The minimum absolute atomic E-state index is 0.353. The molecule has 11 heavy (non-hydrogen) atoms. The van der Waals surface area contributed by atoms with Crippen molar-refractivity contribution in [2.24, 2.45) is 5.73 Å². The SMILES string of the molecule is NCC#Cc1csc(C=O)c1. The first-order chi connectivity index (χ1) is 5.36. The van der Waals surface area contributed by atoms with Gasteiger partial charge in [-0.2, -0.15) is 0 Å². The molecule has 1 aromatic heterocycles. The molecule has 0 aromatic carbocycles. The van der Waals surface area contributed by atoms with Gasteiger partial charge in [-0.25, -0.2) is 0 Å². The molecule has 0 atom stereocenters. The van der Waals surface area contributed by atoms with Crippen LogP contribution in [-0.4, -0.2) is 12.8 Å². The second-order valence-corrected chi connectivity index (χ2v) is 2.80. The fraction of sp³-hybridized carbons (Fsp3) is 0.125. The van der Waals surface area contributed by atoms with Gasteiger partial charge in [0.1, 0.15) is 0 Å². The van der Waals surface area contributed by atoms with E-state index in [1.54, 1.807) is 6.07 Å². The number of aldehydes is 1. The van der Waals surface area contributed by atoms with E-state index in [1.165, 1.54) is 11.3 Å². The molecule has 0 amide bonds. The van der Waals surface area contributed by atoms with E-state index in [0.29, 0.717) is 11.4 Å². The Morgan fingerprint density at radius 3 is 3.09 bits per heavy atom. The van der Waals surface area contributed by atoms with Crippen molar-refractivity contribution in [2.75, 3.05) is 6.54 Å². The molecule has 0 unspecified atom stereocenters. The molecule has 0 saturated carbocycles. The van der Waals surface area contributed by atoms with Crippen molar-refractivity contribution in [2.45, 2.75) is 0 Å². The number of hydrogen-bond acceptors (Lipinski definition) is 3. The number of thiophene rings is 1. The molecule has 3 heteroatoms. The highest BCUT2D eigenvalue weighted by molar-refractivity contribution is 7.11. The Labute approximate surface area is 69.0 Å². The van der Waals surface area contributed by atoms with Crippen LogP contribution in [0, 0.1) is 11.8 Å². The van der Waals surface area contributed by atoms with Gasteiger partial charge in [-0.05, 0) is 6.07 Å². The molecule has 56 valence electrons. The van der Waals surface area contributed by atoms with Crippen LogP contribution in [0.3, 0.4) is 0 Å². The fourth-order valence-corrected chi connectivity index (χ4v) is 1.27. The van der Waals surface area contributed by atoms with Crippen molar-refractivity contribution >= 4 is 17.6 Å². The molecule has 1 heterocycles. The third kappa shape index (κ3) is 2.19. The number of carbonyl (C=O) groups is 1. The zero-order chi connectivity index (χ0) is 8.10. The minimum atomic E-state index is 0.353. The third-order valence-corrected chi connectivity index (χ3v) is 1.93. The van der Waals surface area contributed by atoms with Gasteiger partial charge in [-0.1, -0.05) is 11.8 Å². The maximum Gasteiger partial charge on any atom is 0.160 e. The Bertz CT molecular complexity index is 305. The van der Waals surface area contributed by atoms with Crippen molar-refractivity contribution in [1.82, 2.24) is 0 Å². The maximum atomic E-state index is 10.2. The third-order valence-electron chi connectivity index (χ3n) is 1.07. The normalized spacial score (nSPS) is 8.45. The summed E-state index contributed by atoms with van der Waals surface area (Å²) in [6.07, 6.45) is 0.818. The largest absolute Gasteiger partial charge is 0.320 e. The molecule has 0 aliphatic rings. The lowest BCUT2D eigenvalue weighted by molar-refractivity contribution is 0.112. The molecule has 0 spiro atoms. The topological polar surface area (TPSA) is 43.1 Å². The van der Waals surface area contributed by atoms with Crippen molar-refractivity contribution in [3.63, 3.8) is 0 Å². The summed E-state index contributed by atoms with van der Waals surface area (Å²) >= 11 is 1.39. The molecule has 0 radical (unpaired) electrons. The Hall–Kier alpha value is -1.11. The zero-order valence-electron chi connectivity index (χ0n) is 5.83. The monoisotopic (exact) mass is 165 g/mol. The van der Waals surface area contributed by atoms with Crippen molar-refractivity contribution < 1.29 is 4.79 Å². The molecule has 0 aliphatic carbocycles. The van der Waals surface area contributed by atoms with E-state index in [4.69, 9.17) is 5.73 Å². The van der Waals surface area contributed by atoms with E-state index in [-0.39, 0.29) is 0 Å². The van der Waals surface area contributed by atoms with Crippen molar-refractivity contribution in [1.29, 1.82) is 0 Å². The van der Waals surface area contributed by atoms with E-state index in [1.807, 2.05) is 5.38 Å². The molecule has 1 aromatic rings. The van der Waals surface area contributed by atoms with Gasteiger partial charge in [-0.3, -0.25) is 4.79 Å². The predicted octanol–water partition coefficient (Wildman–Crippen LogP) is 0.871. The highest BCUT2D eigenvalue weighted by Gasteiger charge is 1.93. The Morgan fingerprint density at radius 2 is 2.55 bits per heavy atom. The van der Waals surface area contributed by atoms with Gasteiger partial charge in [0.15, 0.2) is 6.29 Å². The molecule has 1 rings (SSSR count). The van der Waals surface area contributed by atoms with Gasteiger partial charge < -0.3 is 5.73 Å². The standard InChI is InChI=1S/C8H7NOS/c9-3-1-2-7-4-8(5-10)11-6-7/h4-6H,3,9H2. The molecular weight excluding hydrogens is 158 g/mol. The summed E-state index contributed by atoms with van der Waals surface area (Å²) < 4.78 is 0. The van der Waals surface area contributed by atoms with Crippen LogP contribution < -0.4 is 5.73 Å². The van der Waals surface area contributed by atoms with E-state index < -0.39 is 0 Å². The van der Waals surface area contributed by atoms with Gasteiger partial charge >= 0.3 is 0 Å². The molecule has 0 fully saturated rings. The van der Waals surface area contributed by atoms with Crippen LogP contribution in [0.1, 0.15) is 15.2 Å². The second-order valence-electron chi connectivity index (χ2n) is 1.86. The Morgan fingerprint density at radius 1 is 1.73 bits per heavy atom. The number of carbonyl (C=O) groups excluding carboxylic acids is 1. The van der Waals surface area contributed by atoms with E-state index in [0.717, 1.165) is 11.8 Å². The maximum absolute atomic E-state index is 10.2. The average Bonchev–Trinajstić information content (AvgIpc) is 2.48. The fourth-order valence-electron chi connectivity index (χ4n) is 0.633. The highest BCUT2D eigenvalue weighted by Crippen LogP contribution is 2.10. The van der Waals surface area contributed by atoms with Crippen molar-refractivity contribution in [3.05, 3.63) is 21.9 Å². The van der Waals surface area contributed by atoms with Crippen LogP contribution in [0.15, 0.2) is 11.4 Å². The first kappa shape index (κ1) is 7.99. The van der Waals surface area contributed by atoms with Crippen LogP contribution >= 0.6 is 11.3 Å². The van der Waals surface area contributed by atoms with Crippen LogP contribution in [-0.2, 0) is 0 Å². The molecule has 0 saturated heterocycles. The lowest BCUT2D eigenvalue weighted by Gasteiger charge is -1.74. The summed E-state index contributed by atoms with van der Waals surface area (Å²) in [6.45, 7) is 0.353. The van der Waals surface area contributed by atoms with Crippen LogP contribution in [0.4, 0.5) is 0 Å². The Kier molecular flexibility index (Phi) is 2.84. The summed E-state index contributed by atoms with van der Waals surface area (Å²) in [5.74, 6) is 5.55. The summed E-state index contributed by atoms with van der Waals surface area (Å²) in [7, 11) is 0. The minimum Gasteiger partial charge on any atom is -0.320 e. The average molecular weight is 165 g/mol. The van der Waals surface area contributed by atoms with Gasteiger partial charge in [0, 0.05) is 10.9 Å².